The molecule has 1 amide bonds. The summed E-state index contributed by atoms with van der Waals surface area (Å²) in [5.41, 5.74) is 1.57. The van der Waals surface area contributed by atoms with E-state index in [0.29, 0.717) is 47.5 Å². The van der Waals surface area contributed by atoms with Crippen molar-refractivity contribution in [2.45, 2.75) is 24.2 Å². The molecule has 0 aliphatic rings. The van der Waals surface area contributed by atoms with Crippen LogP contribution in [0.1, 0.15) is 18.4 Å². The van der Waals surface area contributed by atoms with Crippen molar-refractivity contribution in [1.82, 2.24) is 4.72 Å². The first kappa shape index (κ1) is 25.1. The molecule has 0 aromatic heterocycles. The van der Waals surface area contributed by atoms with Crippen molar-refractivity contribution >= 4 is 44.8 Å². The highest BCUT2D eigenvalue weighted by Gasteiger charge is 2.13. The maximum atomic E-state index is 12.5. The molecule has 0 unspecified atom stereocenters. The lowest BCUT2D eigenvalue weighted by Crippen LogP contribution is -2.26. The lowest BCUT2D eigenvalue weighted by molar-refractivity contribution is -0.116. The third-order valence-corrected chi connectivity index (χ3v) is 6.70. The van der Waals surface area contributed by atoms with Gasteiger partial charge in [-0.15, -0.1) is 0 Å². The Labute approximate surface area is 203 Å². The molecule has 0 atom stereocenters. The van der Waals surface area contributed by atoms with Crippen LogP contribution >= 0.6 is 23.2 Å². The number of halogens is 2. The van der Waals surface area contributed by atoms with Crippen molar-refractivity contribution in [1.29, 1.82) is 0 Å². The van der Waals surface area contributed by atoms with E-state index in [9.17, 15) is 13.2 Å². The lowest BCUT2D eigenvalue weighted by atomic mass is 10.2. The van der Waals surface area contributed by atoms with E-state index in [2.05, 4.69) is 10.0 Å². The highest BCUT2D eigenvalue weighted by molar-refractivity contribution is 7.89. The summed E-state index contributed by atoms with van der Waals surface area (Å²) in [6.07, 6.45) is 1.33. The van der Waals surface area contributed by atoms with E-state index < -0.39 is 10.0 Å². The number of rotatable bonds is 11. The molecule has 3 aromatic carbocycles. The van der Waals surface area contributed by atoms with Crippen LogP contribution in [0.15, 0.2) is 77.7 Å². The third-order valence-electron chi connectivity index (χ3n) is 4.70. The van der Waals surface area contributed by atoms with Gasteiger partial charge in [0.05, 0.1) is 16.5 Å². The third kappa shape index (κ3) is 8.05. The molecule has 0 fully saturated rings. The lowest BCUT2D eigenvalue weighted by Gasteiger charge is -2.10. The van der Waals surface area contributed by atoms with Crippen LogP contribution in [0.3, 0.4) is 0 Å². The minimum absolute atomic E-state index is 0.141. The summed E-state index contributed by atoms with van der Waals surface area (Å²) in [6, 6.07) is 20.6. The van der Waals surface area contributed by atoms with Crippen LogP contribution in [0.4, 0.5) is 5.69 Å². The van der Waals surface area contributed by atoms with Crippen molar-refractivity contribution in [3.05, 3.63) is 88.4 Å². The fraction of sp³-hybridized carbons (Fsp3) is 0.208. The van der Waals surface area contributed by atoms with E-state index in [0.717, 1.165) is 5.56 Å². The van der Waals surface area contributed by atoms with Crippen molar-refractivity contribution in [2.24, 2.45) is 0 Å². The summed E-state index contributed by atoms with van der Waals surface area (Å²) < 4.78 is 33.1. The van der Waals surface area contributed by atoms with Gasteiger partial charge in [-0.05, 0) is 60.9 Å². The minimum Gasteiger partial charge on any atom is -0.492 e. The van der Waals surface area contributed by atoms with Gasteiger partial charge in [0.2, 0.25) is 15.9 Å². The van der Waals surface area contributed by atoms with Gasteiger partial charge in [-0.2, -0.15) is 0 Å². The topological polar surface area (TPSA) is 84.5 Å². The Bertz CT molecular complexity index is 1170. The molecule has 0 spiro atoms. The van der Waals surface area contributed by atoms with Crippen LogP contribution in [-0.2, 0) is 21.2 Å². The average molecular weight is 507 g/mol. The number of sulfonamides is 1. The highest BCUT2D eigenvalue weighted by atomic mass is 35.5. The van der Waals surface area contributed by atoms with E-state index in [1.165, 1.54) is 12.1 Å². The van der Waals surface area contributed by atoms with Gasteiger partial charge in [0.15, 0.2) is 0 Å². The summed E-state index contributed by atoms with van der Waals surface area (Å²) >= 11 is 11.9. The van der Waals surface area contributed by atoms with Gasteiger partial charge in [0, 0.05) is 23.7 Å². The first-order valence-corrected chi connectivity index (χ1v) is 12.6. The zero-order chi connectivity index (χ0) is 23.7. The SMILES string of the molecule is O=C(CCCOc1ccc(Cl)cc1Cl)Nc1ccc(S(=O)(=O)NCCc2ccccc2)cc1. The molecule has 6 nitrogen and oxygen atoms in total. The Morgan fingerprint density at radius 2 is 1.67 bits per heavy atom. The largest absolute Gasteiger partial charge is 0.492 e. The Morgan fingerprint density at radius 3 is 2.36 bits per heavy atom. The number of ether oxygens (including phenoxy) is 1. The number of carbonyl (C=O) groups is 1. The first-order valence-electron chi connectivity index (χ1n) is 10.3. The maximum absolute atomic E-state index is 12.5. The second kappa shape index (κ2) is 12.0. The number of amides is 1. The monoisotopic (exact) mass is 506 g/mol. The van der Waals surface area contributed by atoms with Crippen LogP contribution in [-0.4, -0.2) is 27.5 Å². The van der Waals surface area contributed by atoms with E-state index in [1.54, 1.807) is 30.3 Å². The predicted octanol–water partition coefficient (Wildman–Crippen LogP) is 5.31. The molecular weight excluding hydrogens is 483 g/mol. The predicted molar refractivity (Wildman–Crippen MR) is 132 cm³/mol. The number of nitrogens with one attached hydrogen (secondary N) is 2. The van der Waals surface area contributed by atoms with Gasteiger partial charge in [0.1, 0.15) is 5.75 Å². The number of hydrogen-bond acceptors (Lipinski definition) is 4. The molecule has 0 heterocycles. The Morgan fingerprint density at radius 1 is 0.939 bits per heavy atom. The first-order chi connectivity index (χ1) is 15.8. The van der Waals surface area contributed by atoms with E-state index in [1.807, 2.05) is 30.3 Å². The quantitative estimate of drug-likeness (QED) is 0.345. The molecular formula is C24H24Cl2N2O4S. The average Bonchev–Trinajstić information content (AvgIpc) is 2.79. The molecule has 0 radical (unpaired) electrons. The molecule has 33 heavy (non-hydrogen) atoms. The van der Waals surface area contributed by atoms with Crippen molar-refractivity contribution in [3.8, 4) is 5.75 Å². The molecule has 9 heteroatoms. The minimum atomic E-state index is -3.62. The summed E-state index contributed by atoms with van der Waals surface area (Å²) in [4.78, 5) is 12.3. The summed E-state index contributed by atoms with van der Waals surface area (Å²) in [5.74, 6) is 0.313. The molecule has 2 N–H and O–H groups in total. The second-order valence-corrected chi connectivity index (χ2v) is 9.84. The summed E-state index contributed by atoms with van der Waals surface area (Å²) in [6.45, 7) is 0.620. The number of anilines is 1. The van der Waals surface area contributed by atoms with Crippen LogP contribution in [0.5, 0.6) is 5.75 Å². The molecule has 0 saturated heterocycles. The van der Waals surface area contributed by atoms with Crippen molar-refractivity contribution in [3.63, 3.8) is 0 Å². The fourth-order valence-corrected chi connectivity index (χ4v) is 4.50. The molecule has 3 rings (SSSR count). The summed E-state index contributed by atoms with van der Waals surface area (Å²) in [5, 5.41) is 3.68. The zero-order valence-electron chi connectivity index (χ0n) is 17.8. The van der Waals surface area contributed by atoms with Crippen LogP contribution < -0.4 is 14.8 Å². The zero-order valence-corrected chi connectivity index (χ0v) is 20.1. The Kier molecular flexibility index (Phi) is 9.14. The van der Waals surface area contributed by atoms with Crippen molar-refractivity contribution in [2.75, 3.05) is 18.5 Å². The number of carbonyl (C=O) groups excluding carboxylic acids is 1. The smallest absolute Gasteiger partial charge is 0.240 e. The Balaban J connectivity index is 1.41. The van der Waals surface area contributed by atoms with Crippen LogP contribution in [0, 0.1) is 0 Å². The van der Waals surface area contributed by atoms with Gasteiger partial charge >= 0.3 is 0 Å². The molecule has 0 aliphatic heterocycles. The van der Waals surface area contributed by atoms with E-state index in [4.69, 9.17) is 27.9 Å². The molecule has 0 aliphatic carbocycles. The number of benzene rings is 3. The van der Waals surface area contributed by atoms with E-state index in [-0.39, 0.29) is 17.2 Å². The Hall–Kier alpha value is -2.58. The highest BCUT2D eigenvalue weighted by Crippen LogP contribution is 2.27. The molecule has 0 saturated carbocycles. The van der Waals surface area contributed by atoms with Gasteiger partial charge in [0.25, 0.3) is 0 Å². The van der Waals surface area contributed by atoms with E-state index >= 15 is 0 Å². The van der Waals surface area contributed by atoms with Gasteiger partial charge in [-0.25, -0.2) is 13.1 Å². The van der Waals surface area contributed by atoms with Crippen LogP contribution in [0.25, 0.3) is 0 Å². The summed E-state index contributed by atoms with van der Waals surface area (Å²) in [7, 11) is -3.62. The normalized spacial score (nSPS) is 11.2. The standard InChI is InChI=1S/C24H24Cl2N2O4S/c25-19-8-13-23(22(26)17-19)32-16-4-7-24(29)28-20-9-11-21(12-10-20)33(30,31)27-15-14-18-5-2-1-3-6-18/h1-3,5-6,8-13,17,27H,4,7,14-16H2,(H,28,29). The van der Waals surface area contributed by atoms with Gasteiger partial charge in [-0.3, -0.25) is 4.79 Å². The maximum Gasteiger partial charge on any atom is 0.240 e. The second-order valence-electron chi connectivity index (χ2n) is 7.23. The molecule has 174 valence electrons. The van der Waals surface area contributed by atoms with Gasteiger partial charge in [-0.1, -0.05) is 53.5 Å². The van der Waals surface area contributed by atoms with Crippen LogP contribution in [0.2, 0.25) is 10.0 Å². The molecule has 3 aromatic rings. The molecule has 0 bridgehead atoms. The fourth-order valence-electron chi connectivity index (χ4n) is 3.01. The van der Waals surface area contributed by atoms with Gasteiger partial charge < -0.3 is 10.1 Å². The van der Waals surface area contributed by atoms with Crippen molar-refractivity contribution < 1.29 is 17.9 Å². The number of hydrogen-bond donors (Lipinski definition) is 2.